The molecule has 2 heterocycles. The zero-order chi connectivity index (χ0) is 31.3. The van der Waals surface area contributed by atoms with E-state index in [0.717, 1.165) is 24.2 Å². The summed E-state index contributed by atoms with van der Waals surface area (Å²) in [6, 6.07) is 11.6. The average molecular weight is 607 g/mol. The zero-order valence-electron chi connectivity index (χ0n) is 24.7. The fraction of sp³-hybridized carbons (Fsp3) is 0.344. The van der Waals surface area contributed by atoms with Crippen molar-refractivity contribution in [3.8, 4) is 5.75 Å². The highest BCUT2D eigenvalue weighted by Gasteiger charge is 2.48. The van der Waals surface area contributed by atoms with Gasteiger partial charge >= 0.3 is 17.8 Å². The predicted octanol–water partition coefficient (Wildman–Crippen LogP) is 5.86. The van der Waals surface area contributed by atoms with Gasteiger partial charge in [0.1, 0.15) is 16.4 Å². The Bertz CT molecular complexity index is 1540. The number of hydrogen-bond donors (Lipinski definition) is 1. The Morgan fingerprint density at radius 2 is 1.67 bits per heavy atom. The van der Waals surface area contributed by atoms with Gasteiger partial charge in [0.2, 0.25) is 0 Å². The van der Waals surface area contributed by atoms with E-state index in [1.54, 1.807) is 43.3 Å². The molecule has 4 rings (SSSR count). The summed E-state index contributed by atoms with van der Waals surface area (Å²) in [5, 5.41) is 11.5. The van der Waals surface area contributed by atoms with Crippen molar-refractivity contribution in [3.05, 3.63) is 81.4 Å². The highest BCUT2D eigenvalue weighted by Crippen LogP contribution is 2.44. The van der Waals surface area contributed by atoms with Crippen molar-refractivity contribution in [2.24, 2.45) is 5.92 Å². The number of carbonyl (C=O) groups is 4. The first-order valence-corrected chi connectivity index (χ1v) is 14.8. The number of Topliss-reactive ketones (excluding diaryl/α,β-unsaturated/α-hetero) is 1. The van der Waals surface area contributed by atoms with Crippen LogP contribution in [0, 0.1) is 12.8 Å². The number of unbranched alkanes of at least 4 members (excludes halogenated alkanes) is 1. The Labute approximate surface area is 253 Å². The second kappa shape index (κ2) is 13.6. The fourth-order valence-electron chi connectivity index (χ4n) is 4.45. The molecule has 1 aliphatic rings. The first kappa shape index (κ1) is 31.4. The summed E-state index contributed by atoms with van der Waals surface area (Å²) in [4.78, 5) is 57.7. The number of aliphatic hydroxyl groups is 1. The van der Waals surface area contributed by atoms with E-state index >= 15 is 0 Å². The molecule has 1 aliphatic heterocycles. The first-order chi connectivity index (χ1) is 20.6. The molecule has 1 saturated heterocycles. The second-order valence-corrected chi connectivity index (χ2v) is 11.4. The maximum absolute atomic E-state index is 13.6. The molecule has 1 atom stereocenters. The maximum atomic E-state index is 13.6. The van der Waals surface area contributed by atoms with Crippen molar-refractivity contribution < 1.29 is 38.5 Å². The molecule has 1 aromatic heterocycles. The minimum atomic E-state index is -1.10. The van der Waals surface area contributed by atoms with Gasteiger partial charge in [0.25, 0.3) is 5.78 Å². The number of hydrogen-bond acceptors (Lipinski definition) is 10. The van der Waals surface area contributed by atoms with Crippen molar-refractivity contribution in [2.45, 2.75) is 46.6 Å². The molecule has 10 nitrogen and oxygen atoms in total. The molecule has 1 unspecified atom stereocenters. The van der Waals surface area contributed by atoms with Crippen LogP contribution in [0.5, 0.6) is 5.75 Å². The molecular weight excluding hydrogens is 572 g/mol. The molecule has 1 amide bonds. The van der Waals surface area contributed by atoms with Crippen molar-refractivity contribution in [2.75, 3.05) is 25.2 Å². The topological polar surface area (TPSA) is 132 Å². The van der Waals surface area contributed by atoms with Crippen LogP contribution >= 0.6 is 11.3 Å². The quantitative estimate of drug-likeness (QED) is 0.0937. The molecule has 11 heteroatoms. The second-order valence-electron chi connectivity index (χ2n) is 10.4. The Kier molecular flexibility index (Phi) is 9.97. The largest absolute Gasteiger partial charge is 0.507 e. The Hall–Kier alpha value is -4.51. The first-order valence-electron chi connectivity index (χ1n) is 13.9. The highest BCUT2D eigenvalue weighted by atomic mass is 32.1. The molecule has 2 aromatic carbocycles. The number of anilines is 1. The third kappa shape index (κ3) is 6.77. The van der Waals surface area contributed by atoms with Crippen LogP contribution in [0.25, 0.3) is 5.76 Å². The van der Waals surface area contributed by atoms with Gasteiger partial charge in [-0.3, -0.25) is 14.5 Å². The number of amides is 1. The van der Waals surface area contributed by atoms with E-state index in [9.17, 15) is 24.3 Å². The van der Waals surface area contributed by atoms with Crippen LogP contribution in [-0.4, -0.2) is 54.0 Å². The van der Waals surface area contributed by atoms with Gasteiger partial charge in [-0.1, -0.05) is 50.7 Å². The molecule has 1 fully saturated rings. The minimum absolute atomic E-state index is 0.0943. The lowest BCUT2D eigenvalue weighted by molar-refractivity contribution is -0.132. The lowest BCUT2D eigenvalue weighted by atomic mass is 9.94. The molecule has 0 spiro atoms. The van der Waals surface area contributed by atoms with Gasteiger partial charge in [0.15, 0.2) is 5.13 Å². The molecule has 0 bridgehead atoms. The van der Waals surface area contributed by atoms with E-state index in [1.807, 2.05) is 13.8 Å². The van der Waals surface area contributed by atoms with Crippen LogP contribution in [0.15, 0.2) is 54.1 Å². The minimum Gasteiger partial charge on any atom is -0.507 e. The number of esters is 2. The number of aryl methyl sites for hydroxylation is 1. The van der Waals surface area contributed by atoms with E-state index in [2.05, 4.69) is 11.9 Å². The lowest BCUT2D eigenvalue weighted by Crippen LogP contribution is -2.29. The van der Waals surface area contributed by atoms with Crippen LogP contribution in [-0.2, 0) is 19.1 Å². The van der Waals surface area contributed by atoms with Crippen LogP contribution in [0.4, 0.5) is 5.13 Å². The molecule has 1 N–H and O–H groups in total. The number of ketones is 1. The Balaban J connectivity index is 1.80. The van der Waals surface area contributed by atoms with E-state index in [0.29, 0.717) is 29.2 Å². The molecule has 43 heavy (non-hydrogen) atoms. The third-order valence-corrected chi connectivity index (χ3v) is 7.85. The van der Waals surface area contributed by atoms with E-state index in [4.69, 9.17) is 14.2 Å². The summed E-state index contributed by atoms with van der Waals surface area (Å²) in [5.74, 6) is -2.62. The number of rotatable bonds is 11. The SMILES string of the molecule is CCCCOc1ccc(/C(O)=C2/C(=O)C(=O)N(c3nc(C)c(C(=O)OCC(C)C)s3)C2c2ccc(C(=O)OC)cc2)cc1. The number of thiazole rings is 1. The summed E-state index contributed by atoms with van der Waals surface area (Å²) < 4.78 is 15.9. The predicted molar refractivity (Wildman–Crippen MR) is 161 cm³/mol. The van der Waals surface area contributed by atoms with Crippen molar-refractivity contribution >= 4 is 45.9 Å². The average Bonchev–Trinajstić information content (AvgIpc) is 3.51. The highest BCUT2D eigenvalue weighted by molar-refractivity contribution is 7.17. The molecular formula is C32H34N2O8S. The Morgan fingerprint density at radius 1 is 1.02 bits per heavy atom. The summed E-state index contributed by atoms with van der Waals surface area (Å²) in [5.41, 5.74) is 1.19. The van der Waals surface area contributed by atoms with Crippen molar-refractivity contribution in [3.63, 3.8) is 0 Å². The molecule has 0 aliphatic carbocycles. The molecule has 3 aromatic rings. The van der Waals surface area contributed by atoms with Crippen molar-refractivity contribution in [1.82, 2.24) is 4.98 Å². The Morgan fingerprint density at radius 3 is 2.28 bits per heavy atom. The van der Waals surface area contributed by atoms with Gasteiger partial charge < -0.3 is 19.3 Å². The van der Waals surface area contributed by atoms with Crippen molar-refractivity contribution in [1.29, 1.82) is 0 Å². The number of benzene rings is 2. The van der Waals surface area contributed by atoms with Crippen LogP contribution in [0.3, 0.4) is 0 Å². The van der Waals surface area contributed by atoms with Gasteiger partial charge in [0, 0.05) is 5.56 Å². The lowest BCUT2D eigenvalue weighted by Gasteiger charge is -2.23. The van der Waals surface area contributed by atoms with E-state index < -0.39 is 29.7 Å². The summed E-state index contributed by atoms with van der Waals surface area (Å²) in [7, 11) is 1.26. The third-order valence-electron chi connectivity index (χ3n) is 6.71. The van der Waals surface area contributed by atoms with Gasteiger partial charge in [-0.15, -0.1) is 0 Å². The monoisotopic (exact) mass is 606 g/mol. The van der Waals surface area contributed by atoms with Gasteiger partial charge in [-0.25, -0.2) is 14.6 Å². The number of ether oxygens (including phenoxy) is 3. The van der Waals surface area contributed by atoms with E-state index in [-0.39, 0.29) is 39.4 Å². The van der Waals surface area contributed by atoms with Gasteiger partial charge in [0.05, 0.1) is 43.2 Å². The van der Waals surface area contributed by atoms with Crippen LogP contribution < -0.4 is 9.64 Å². The maximum Gasteiger partial charge on any atom is 0.350 e. The molecule has 0 saturated carbocycles. The zero-order valence-corrected chi connectivity index (χ0v) is 25.5. The number of methoxy groups -OCH3 is 1. The fourth-order valence-corrected chi connectivity index (χ4v) is 5.43. The number of nitrogens with zero attached hydrogens (tertiary/aromatic N) is 2. The standard InChI is InChI=1S/C32H34N2O8S/c1-6-7-16-41-23-14-12-21(13-15-23)26(35)24-25(20-8-10-22(11-9-20)30(38)40-5)34(29(37)27(24)36)32-33-19(4)28(43-32)31(39)42-17-18(2)3/h8-15,18,25,35H,6-7,16-17H2,1-5H3/b26-24-. The number of aromatic nitrogens is 1. The van der Waals surface area contributed by atoms with E-state index in [1.165, 1.54) is 24.1 Å². The summed E-state index contributed by atoms with van der Waals surface area (Å²) >= 11 is 0.926. The number of carbonyl (C=O) groups excluding carboxylic acids is 4. The smallest absolute Gasteiger partial charge is 0.350 e. The normalized spacial score (nSPS) is 16.0. The van der Waals surface area contributed by atoms with Gasteiger partial charge in [-0.2, -0.15) is 0 Å². The molecule has 0 radical (unpaired) electrons. The molecule has 226 valence electrons. The van der Waals surface area contributed by atoms with Crippen LogP contribution in [0.1, 0.15) is 76.5 Å². The number of aliphatic hydroxyl groups excluding tert-OH is 1. The summed E-state index contributed by atoms with van der Waals surface area (Å²) in [6.45, 7) is 8.27. The van der Waals surface area contributed by atoms with Gasteiger partial charge in [-0.05, 0) is 61.2 Å². The summed E-state index contributed by atoms with van der Waals surface area (Å²) in [6.07, 6.45) is 1.88. The van der Waals surface area contributed by atoms with Crippen LogP contribution in [0.2, 0.25) is 0 Å².